The number of hydrogen-bond acceptors (Lipinski definition) is 7. The van der Waals surface area contributed by atoms with E-state index in [1.165, 1.54) is 64.2 Å². The van der Waals surface area contributed by atoms with E-state index in [4.69, 9.17) is 9.47 Å². The molecule has 0 spiro atoms. The van der Waals surface area contributed by atoms with Gasteiger partial charge >= 0.3 is 0 Å². The average molecular weight is 572 g/mol. The molecule has 0 heterocycles. The molecule has 0 aliphatic heterocycles. The minimum Gasteiger partial charge on any atom is -0.389 e. The van der Waals surface area contributed by atoms with Crippen LogP contribution in [0.15, 0.2) is 48.5 Å². The Morgan fingerprint density at radius 3 is 1.66 bits per heavy atom. The van der Waals surface area contributed by atoms with Crippen LogP contribution >= 0.6 is 0 Å². The molecule has 232 valence electrons. The van der Waals surface area contributed by atoms with Crippen molar-refractivity contribution in [2.24, 2.45) is 0 Å². The molecule has 0 radical (unpaired) electrons. The largest absolute Gasteiger partial charge is 0.389 e. The Labute approximate surface area is 249 Å². The Morgan fingerprint density at radius 2 is 1.10 bits per heavy atom. The van der Waals surface area contributed by atoms with Crippen molar-refractivity contribution in [1.29, 1.82) is 0 Å². The minimum atomic E-state index is -0.616. The summed E-state index contributed by atoms with van der Waals surface area (Å²) < 4.78 is 11.4. The molecule has 0 aromatic heterocycles. The Bertz CT molecular complexity index is 884. The summed E-state index contributed by atoms with van der Waals surface area (Å²) >= 11 is 0. The van der Waals surface area contributed by atoms with Gasteiger partial charge < -0.3 is 35.6 Å². The van der Waals surface area contributed by atoms with Crippen LogP contribution in [0.25, 0.3) is 0 Å². The molecule has 5 N–H and O–H groups in total. The quantitative estimate of drug-likeness (QED) is 0.0738. The molecule has 41 heavy (non-hydrogen) atoms. The predicted octanol–water partition coefficient (Wildman–Crippen LogP) is 7.73. The van der Waals surface area contributed by atoms with E-state index in [0.717, 1.165) is 35.6 Å². The van der Waals surface area contributed by atoms with E-state index in [0.29, 0.717) is 39.5 Å². The van der Waals surface area contributed by atoms with Crippen molar-refractivity contribution in [3.8, 4) is 0 Å². The van der Waals surface area contributed by atoms with Crippen molar-refractivity contribution >= 4 is 22.7 Å². The van der Waals surface area contributed by atoms with E-state index in [1.807, 2.05) is 48.5 Å². The van der Waals surface area contributed by atoms with Gasteiger partial charge in [0.25, 0.3) is 0 Å². The van der Waals surface area contributed by atoms with Gasteiger partial charge in [0, 0.05) is 37.7 Å². The zero-order valence-electron chi connectivity index (χ0n) is 25.7. The maximum atomic E-state index is 10.5. The lowest BCUT2D eigenvalue weighted by Gasteiger charge is -2.20. The summed E-state index contributed by atoms with van der Waals surface area (Å²) in [6, 6.07) is 16.0. The molecular weight excluding hydrogens is 514 g/mol. The highest BCUT2D eigenvalue weighted by molar-refractivity contribution is 5.76. The molecule has 0 saturated heterocycles. The zero-order valence-corrected chi connectivity index (χ0v) is 25.7. The third-order valence-corrected chi connectivity index (χ3v) is 7.04. The standard InChI is InChI=1S/C34H57N3O4/c1-3-5-7-9-11-16-22-40-27-31(38)25-35-33-21-20-30(37-29-18-14-13-15-19-29)24-34(33)36-26-32(39)28-41-23-17-12-10-8-6-4-2/h13-15,18-21,24,31-32,35-39H,3-12,16-17,22-23,25-28H2,1-2H3. The number of aliphatic hydroxyl groups is 2. The zero-order chi connectivity index (χ0) is 29.4. The molecule has 0 aliphatic rings. The van der Waals surface area contributed by atoms with Gasteiger partial charge in [0.05, 0.1) is 36.8 Å². The second kappa shape index (κ2) is 23.3. The first-order valence-electron chi connectivity index (χ1n) is 16.1. The fraction of sp³-hybridized carbons (Fsp3) is 0.647. The lowest BCUT2D eigenvalue weighted by atomic mass is 10.1. The second-order valence-electron chi connectivity index (χ2n) is 11.0. The summed E-state index contributed by atoms with van der Waals surface area (Å²) in [6.45, 7) is 7.19. The molecule has 2 atom stereocenters. The summed E-state index contributed by atoms with van der Waals surface area (Å²) in [4.78, 5) is 0. The lowest BCUT2D eigenvalue weighted by molar-refractivity contribution is 0.0414. The molecule has 0 fully saturated rings. The van der Waals surface area contributed by atoms with Gasteiger partial charge in [0.15, 0.2) is 0 Å². The van der Waals surface area contributed by atoms with Gasteiger partial charge in [-0.2, -0.15) is 0 Å². The lowest BCUT2D eigenvalue weighted by Crippen LogP contribution is -2.27. The first-order valence-corrected chi connectivity index (χ1v) is 16.1. The van der Waals surface area contributed by atoms with Crippen molar-refractivity contribution in [2.75, 3.05) is 55.5 Å². The number of rotatable bonds is 26. The SMILES string of the molecule is CCCCCCCCOCC(O)CNc1ccc(Nc2ccccc2)cc1NCC(O)COCCCCCCCC. The van der Waals surface area contributed by atoms with Crippen molar-refractivity contribution in [3.05, 3.63) is 48.5 Å². The first kappa shape index (κ1) is 34.9. The number of para-hydroxylation sites is 1. The fourth-order valence-corrected chi connectivity index (χ4v) is 4.59. The third kappa shape index (κ3) is 17.3. The second-order valence-corrected chi connectivity index (χ2v) is 11.0. The summed E-state index contributed by atoms with van der Waals surface area (Å²) in [7, 11) is 0. The number of aliphatic hydroxyl groups excluding tert-OH is 2. The van der Waals surface area contributed by atoms with Crippen molar-refractivity contribution in [3.63, 3.8) is 0 Å². The molecule has 0 aliphatic carbocycles. The van der Waals surface area contributed by atoms with Crippen LogP contribution in [0.2, 0.25) is 0 Å². The highest BCUT2D eigenvalue weighted by atomic mass is 16.5. The van der Waals surface area contributed by atoms with E-state index < -0.39 is 12.2 Å². The summed E-state index contributed by atoms with van der Waals surface area (Å²) in [5, 5.41) is 31.1. The van der Waals surface area contributed by atoms with Gasteiger partial charge in [-0.25, -0.2) is 0 Å². The molecule has 7 nitrogen and oxygen atoms in total. The van der Waals surface area contributed by atoms with Gasteiger partial charge in [-0.05, 0) is 43.2 Å². The van der Waals surface area contributed by atoms with Gasteiger partial charge in [0.2, 0.25) is 0 Å². The van der Waals surface area contributed by atoms with Crippen molar-refractivity contribution in [2.45, 2.75) is 103 Å². The molecule has 0 amide bonds. The first-order chi connectivity index (χ1) is 20.1. The fourth-order valence-electron chi connectivity index (χ4n) is 4.59. The van der Waals surface area contributed by atoms with Crippen LogP contribution in [-0.4, -0.2) is 61.9 Å². The predicted molar refractivity (Wildman–Crippen MR) is 174 cm³/mol. The van der Waals surface area contributed by atoms with Gasteiger partial charge in [-0.3, -0.25) is 0 Å². The van der Waals surface area contributed by atoms with Crippen LogP contribution in [0.3, 0.4) is 0 Å². The van der Waals surface area contributed by atoms with Crippen LogP contribution in [0, 0.1) is 0 Å². The Hall–Kier alpha value is -2.32. The smallest absolute Gasteiger partial charge is 0.0945 e. The molecule has 2 rings (SSSR count). The Kier molecular flexibility index (Phi) is 19.8. The van der Waals surface area contributed by atoms with Crippen LogP contribution in [-0.2, 0) is 9.47 Å². The molecule has 0 saturated carbocycles. The molecule has 2 unspecified atom stereocenters. The molecule has 7 heteroatoms. The summed E-state index contributed by atoms with van der Waals surface area (Å²) in [6.07, 6.45) is 13.4. The Morgan fingerprint density at radius 1 is 0.585 bits per heavy atom. The number of hydrogen-bond donors (Lipinski definition) is 5. The number of anilines is 4. The number of unbranched alkanes of at least 4 members (excludes halogenated alkanes) is 10. The average Bonchev–Trinajstić information content (AvgIpc) is 2.98. The minimum absolute atomic E-state index is 0.307. The van der Waals surface area contributed by atoms with Crippen LogP contribution in [0.1, 0.15) is 90.9 Å². The number of nitrogens with one attached hydrogen (secondary N) is 3. The molecule has 2 aromatic carbocycles. The summed E-state index contributed by atoms with van der Waals surface area (Å²) in [5.74, 6) is 0. The van der Waals surface area contributed by atoms with Crippen molar-refractivity contribution < 1.29 is 19.7 Å². The van der Waals surface area contributed by atoms with Crippen LogP contribution in [0.4, 0.5) is 22.7 Å². The van der Waals surface area contributed by atoms with Crippen LogP contribution in [0.5, 0.6) is 0 Å². The Balaban J connectivity index is 1.80. The van der Waals surface area contributed by atoms with E-state index >= 15 is 0 Å². The van der Waals surface area contributed by atoms with E-state index in [1.54, 1.807) is 0 Å². The van der Waals surface area contributed by atoms with Crippen molar-refractivity contribution in [1.82, 2.24) is 0 Å². The topological polar surface area (TPSA) is 95.0 Å². The van der Waals surface area contributed by atoms with E-state index in [-0.39, 0.29) is 0 Å². The highest BCUT2D eigenvalue weighted by Gasteiger charge is 2.11. The van der Waals surface area contributed by atoms with E-state index in [2.05, 4.69) is 29.8 Å². The molecule has 0 bridgehead atoms. The van der Waals surface area contributed by atoms with Crippen LogP contribution < -0.4 is 16.0 Å². The third-order valence-electron chi connectivity index (χ3n) is 7.04. The normalized spacial score (nSPS) is 12.7. The summed E-state index contributed by atoms with van der Waals surface area (Å²) in [5.41, 5.74) is 3.64. The monoisotopic (exact) mass is 571 g/mol. The maximum absolute atomic E-state index is 10.5. The van der Waals surface area contributed by atoms with E-state index in [9.17, 15) is 10.2 Å². The molecular formula is C34H57N3O4. The van der Waals surface area contributed by atoms with Gasteiger partial charge in [-0.1, -0.05) is 96.3 Å². The van der Waals surface area contributed by atoms with Gasteiger partial charge in [-0.15, -0.1) is 0 Å². The molecule has 2 aromatic rings. The highest BCUT2D eigenvalue weighted by Crippen LogP contribution is 2.28. The number of ether oxygens (including phenoxy) is 2. The van der Waals surface area contributed by atoms with Gasteiger partial charge in [0.1, 0.15) is 0 Å². The maximum Gasteiger partial charge on any atom is 0.0945 e. The number of benzene rings is 2.